The van der Waals surface area contributed by atoms with Crippen molar-refractivity contribution in [2.75, 3.05) is 0 Å². The third-order valence-corrected chi connectivity index (χ3v) is 2.78. The van der Waals surface area contributed by atoms with E-state index in [4.69, 9.17) is 0 Å². The Kier molecular flexibility index (Phi) is 3.88. The zero-order valence-electron chi connectivity index (χ0n) is 6.99. The molecule has 1 atom stereocenters. The van der Waals surface area contributed by atoms with Gasteiger partial charge in [-0.1, -0.05) is 25.1 Å². The summed E-state index contributed by atoms with van der Waals surface area (Å²) in [5, 5.41) is -0.0209. The average Bonchev–Trinajstić information content (AvgIpc) is 2.16. The average molecular weight is 179 g/mol. The highest BCUT2D eigenvalue weighted by atomic mass is 32.2. The number of thioether (sulfide) groups is 1. The van der Waals surface area contributed by atoms with E-state index in [-0.39, 0.29) is 5.25 Å². The van der Waals surface area contributed by atoms with E-state index in [0.29, 0.717) is 0 Å². The Bertz CT molecular complexity index is 233. The first-order chi connectivity index (χ1) is 5.86. The zero-order valence-corrected chi connectivity index (χ0v) is 7.80. The molecule has 0 saturated heterocycles. The fourth-order valence-electron chi connectivity index (χ4n) is 0.854. The molecule has 0 aliphatic carbocycles. The Hall–Kier alpha value is -0.760. The molecule has 0 aliphatic rings. The summed E-state index contributed by atoms with van der Waals surface area (Å²) in [6.07, 6.45) is 2.85. The minimum absolute atomic E-state index is 0.0209. The third kappa shape index (κ3) is 2.70. The lowest BCUT2D eigenvalue weighted by Gasteiger charge is -2.04. The lowest BCUT2D eigenvalue weighted by molar-refractivity contribution is 0.552. The Morgan fingerprint density at radius 2 is 2.08 bits per heavy atom. The van der Waals surface area contributed by atoms with Gasteiger partial charge in [-0.15, -0.1) is 11.8 Å². The molecule has 0 fully saturated rings. The van der Waals surface area contributed by atoms with Crippen LogP contribution in [0.15, 0.2) is 35.2 Å². The summed E-state index contributed by atoms with van der Waals surface area (Å²) in [5.41, 5.74) is 0. The van der Waals surface area contributed by atoms with E-state index < -0.39 is 0 Å². The largest absolute Gasteiger partial charge is 0.290 e. The van der Waals surface area contributed by atoms with Crippen molar-refractivity contribution in [2.24, 2.45) is 0 Å². The smallest absolute Gasteiger partial charge is 0.212 e. The number of carbonyl (C=O) groups excluding carboxylic acids is 1. The molecular formula is C10H11OS. The second-order valence-electron chi connectivity index (χ2n) is 2.45. The van der Waals surface area contributed by atoms with Gasteiger partial charge in [-0.3, -0.25) is 4.79 Å². The second kappa shape index (κ2) is 4.99. The zero-order chi connectivity index (χ0) is 8.81. The first kappa shape index (κ1) is 9.33. The highest BCUT2D eigenvalue weighted by Gasteiger charge is 2.06. The van der Waals surface area contributed by atoms with Crippen molar-refractivity contribution < 1.29 is 4.79 Å². The molecule has 1 unspecified atom stereocenters. The van der Waals surface area contributed by atoms with Gasteiger partial charge in [-0.2, -0.15) is 0 Å². The van der Waals surface area contributed by atoms with E-state index in [1.807, 2.05) is 43.5 Å². The van der Waals surface area contributed by atoms with Crippen molar-refractivity contribution in [2.45, 2.75) is 23.5 Å². The monoisotopic (exact) mass is 179 g/mol. The van der Waals surface area contributed by atoms with Crippen molar-refractivity contribution >= 4 is 18.0 Å². The summed E-state index contributed by atoms with van der Waals surface area (Å²) in [5.74, 6) is 0. The van der Waals surface area contributed by atoms with Crippen LogP contribution in [0.2, 0.25) is 0 Å². The maximum atomic E-state index is 10.4. The van der Waals surface area contributed by atoms with Gasteiger partial charge in [0.15, 0.2) is 0 Å². The molecule has 63 valence electrons. The van der Waals surface area contributed by atoms with Gasteiger partial charge in [0.05, 0.1) is 5.25 Å². The van der Waals surface area contributed by atoms with Crippen molar-refractivity contribution in [3.8, 4) is 0 Å². The van der Waals surface area contributed by atoms with Gasteiger partial charge in [0.2, 0.25) is 6.29 Å². The molecular weight excluding hydrogens is 168 g/mol. The standard InChI is InChI=1S/C10H11OS/c1-2-9(8-11)12-10-6-4-3-5-7-10/h3-7,9H,2H2,1H3. The first-order valence-corrected chi connectivity index (χ1v) is 4.84. The number of hydrogen-bond acceptors (Lipinski definition) is 2. The topological polar surface area (TPSA) is 17.1 Å². The molecule has 0 aliphatic heterocycles. The van der Waals surface area contributed by atoms with Crippen LogP contribution in [0.5, 0.6) is 0 Å². The van der Waals surface area contributed by atoms with E-state index in [1.54, 1.807) is 11.8 Å². The van der Waals surface area contributed by atoms with Crippen LogP contribution in [-0.4, -0.2) is 11.5 Å². The predicted molar refractivity (Wildman–Crippen MR) is 52.1 cm³/mol. The van der Waals surface area contributed by atoms with E-state index in [2.05, 4.69) is 0 Å². The first-order valence-electron chi connectivity index (χ1n) is 3.96. The van der Waals surface area contributed by atoms with Crippen LogP contribution in [0, 0.1) is 0 Å². The van der Waals surface area contributed by atoms with Gasteiger partial charge in [0.1, 0.15) is 0 Å². The molecule has 12 heavy (non-hydrogen) atoms. The van der Waals surface area contributed by atoms with Crippen LogP contribution in [0.1, 0.15) is 13.3 Å². The van der Waals surface area contributed by atoms with Gasteiger partial charge >= 0.3 is 0 Å². The van der Waals surface area contributed by atoms with E-state index in [0.717, 1.165) is 11.3 Å². The van der Waals surface area contributed by atoms with E-state index in [1.165, 1.54) is 0 Å². The predicted octanol–water partition coefficient (Wildman–Crippen LogP) is 2.67. The van der Waals surface area contributed by atoms with E-state index >= 15 is 0 Å². The lowest BCUT2D eigenvalue weighted by atomic mass is 10.4. The summed E-state index contributed by atoms with van der Waals surface area (Å²) in [4.78, 5) is 11.5. The molecule has 2 heteroatoms. The fourth-order valence-corrected chi connectivity index (χ4v) is 1.71. The molecule has 1 radical (unpaired) electrons. The molecule has 1 aromatic carbocycles. The summed E-state index contributed by atoms with van der Waals surface area (Å²) in [6, 6.07) is 9.92. The Morgan fingerprint density at radius 3 is 2.58 bits per heavy atom. The van der Waals surface area contributed by atoms with Crippen molar-refractivity contribution in [3.63, 3.8) is 0 Å². The second-order valence-corrected chi connectivity index (χ2v) is 3.72. The maximum Gasteiger partial charge on any atom is 0.212 e. The van der Waals surface area contributed by atoms with Gasteiger partial charge < -0.3 is 0 Å². The molecule has 1 rings (SSSR count). The van der Waals surface area contributed by atoms with Crippen LogP contribution >= 0.6 is 11.8 Å². The summed E-state index contributed by atoms with van der Waals surface area (Å²) < 4.78 is 0. The Morgan fingerprint density at radius 1 is 1.42 bits per heavy atom. The molecule has 1 nitrogen and oxygen atoms in total. The van der Waals surface area contributed by atoms with Crippen molar-refractivity contribution in [3.05, 3.63) is 30.3 Å². The fraction of sp³-hybridized carbons (Fsp3) is 0.300. The van der Waals surface area contributed by atoms with Gasteiger partial charge in [-0.05, 0) is 18.6 Å². The van der Waals surface area contributed by atoms with Gasteiger partial charge in [0.25, 0.3) is 0 Å². The van der Waals surface area contributed by atoms with Gasteiger partial charge in [-0.25, -0.2) is 0 Å². The van der Waals surface area contributed by atoms with Crippen LogP contribution in [-0.2, 0) is 4.79 Å². The number of rotatable bonds is 4. The third-order valence-electron chi connectivity index (χ3n) is 1.52. The number of benzene rings is 1. The van der Waals surface area contributed by atoms with Crippen LogP contribution < -0.4 is 0 Å². The molecule has 0 bridgehead atoms. The van der Waals surface area contributed by atoms with Crippen molar-refractivity contribution in [1.82, 2.24) is 0 Å². The molecule has 1 aromatic rings. The molecule has 0 N–H and O–H groups in total. The van der Waals surface area contributed by atoms with Crippen LogP contribution in [0.3, 0.4) is 0 Å². The highest BCUT2D eigenvalue weighted by Crippen LogP contribution is 2.23. The molecule has 0 amide bonds. The van der Waals surface area contributed by atoms with Crippen LogP contribution in [0.4, 0.5) is 0 Å². The quantitative estimate of drug-likeness (QED) is 0.661. The minimum Gasteiger partial charge on any atom is -0.290 e. The minimum atomic E-state index is -0.0209. The molecule has 0 heterocycles. The SMILES string of the molecule is CCC([C]=O)Sc1ccccc1. The van der Waals surface area contributed by atoms with Crippen LogP contribution in [0.25, 0.3) is 0 Å². The number of hydrogen-bond donors (Lipinski definition) is 0. The Labute approximate surface area is 77.2 Å². The molecule has 0 saturated carbocycles. The van der Waals surface area contributed by atoms with Crippen molar-refractivity contribution in [1.29, 1.82) is 0 Å². The molecule has 0 spiro atoms. The summed E-state index contributed by atoms with van der Waals surface area (Å²) in [7, 11) is 0. The highest BCUT2D eigenvalue weighted by molar-refractivity contribution is 8.00. The molecule has 0 aromatic heterocycles. The Balaban J connectivity index is 2.56. The lowest BCUT2D eigenvalue weighted by Crippen LogP contribution is -2.00. The maximum absolute atomic E-state index is 10.4. The summed E-state index contributed by atoms with van der Waals surface area (Å²) >= 11 is 1.57. The van der Waals surface area contributed by atoms with Gasteiger partial charge in [0, 0.05) is 4.90 Å². The summed E-state index contributed by atoms with van der Waals surface area (Å²) in [6.45, 7) is 1.99. The van der Waals surface area contributed by atoms with E-state index in [9.17, 15) is 4.79 Å². The normalized spacial score (nSPS) is 12.4.